The van der Waals surface area contributed by atoms with Gasteiger partial charge in [-0.25, -0.2) is 8.42 Å². The molecule has 0 aliphatic heterocycles. The largest absolute Gasteiger partial charge is 0.457 e. The Kier molecular flexibility index (Phi) is 7.43. The fourth-order valence-electron chi connectivity index (χ4n) is 3.30. The van der Waals surface area contributed by atoms with Crippen molar-refractivity contribution in [1.82, 2.24) is 0 Å². The lowest BCUT2D eigenvalue weighted by Crippen LogP contribution is -2.26. The maximum atomic E-state index is 13.0. The minimum atomic E-state index is -3.71. The number of hydrogen-bond donors (Lipinski definition) is 1. The van der Waals surface area contributed by atoms with Crippen molar-refractivity contribution in [3.63, 3.8) is 0 Å². The molecule has 8 heteroatoms. The van der Waals surface area contributed by atoms with Gasteiger partial charge in [0.15, 0.2) is 0 Å². The van der Waals surface area contributed by atoms with Crippen molar-refractivity contribution in [2.45, 2.75) is 9.79 Å². The van der Waals surface area contributed by atoms with Crippen LogP contribution >= 0.6 is 11.8 Å². The monoisotopic (exact) mass is 504 g/mol. The first kappa shape index (κ1) is 24.4. The van der Waals surface area contributed by atoms with Gasteiger partial charge in [0.05, 0.1) is 10.6 Å². The molecule has 1 amide bonds. The summed E-state index contributed by atoms with van der Waals surface area (Å²) in [6, 6.07) is 29.7. The lowest BCUT2D eigenvalue weighted by atomic mass is 10.2. The van der Waals surface area contributed by atoms with Crippen molar-refractivity contribution in [1.29, 1.82) is 0 Å². The predicted octanol–water partition coefficient (Wildman–Crippen LogP) is 6.28. The normalized spacial score (nSPS) is 11.0. The Balaban J connectivity index is 1.41. The quantitative estimate of drug-likeness (QED) is 0.286. The van der Waals surface area contributed by atoms with Crippen LogP contribution in [0.3, 0.4) is 0 Å². The van der Waals surface area contributed by atoms with E-state index in [9.17, 15) is 13.2 Å². The van der Waals surface area contributed by atoms with Crippen LogP contribution in [0.4, 0.5) is 11.4 Å². The van der Waals surface area contributed by atoms with Gasteiger partial charge < -0.3 is 10.1 Å². The molecule has 6 nitrogen and oxygen atoms in total. The van der Waals surface area contributed by atoms with E-state index >= 15 is 0 Å². The number of carbonyl (C=O) groups is 1. The van der Waals surface area contributed by atoms with Gasteiger partial charge in [-0.15, -0.1) is 11.8 Å². The van der Waals surface area contributed by atoms with Crippen molar-refractivity contribution in [2.75, 3.05) is 22.9 Å². The van der Waals surface area contributed by atoms with Crippen LogP contribution in [-0.4, -0.2) is 27.6 Å². The number of thioether (sulfide) groups is 1. The summed E-state index contributed by atoms with van der Waals surface area (Å²) >= 11 is 1.55. The second kappa shape index (κ2) is 10.7. The molecule has 0 saturated carbocycles. The molecule has 4 aromatic carbocycles. The molecular weight excluding hydrogens is 480 g/mol. The zero-order valence-corrected chi connectivity index (χ0v) is 20.8. The molecule has 0 atom stereocenters. The standard InChI is InChI=1S/C27H24N2O4S2/c1-29(35(31,32)26-18-16-25(34-2)17-19-26)22-12-8-20(9-13-22)27(30)28-21-10-14-24(15-11-21)33-23-6-4-3-5-7-23/h3-19H,1-2H3,(H,28,30). The van der Waals surface area contributed by atoms with Crippen LogP contribution in [0.2, 0.25) is 0 Å². The molecule has 0 radical (unpaired) electrons. The van der Waals surface area contributed by atoms with Crippen LogP contribution in [0.15, 0.2) is 113 Å². The van der Waals surface area contributed by atoms with Crippen LogP contribution in [0.25, 0.3) is 0 Å². The molecule has 0 bridgehead atoms. The highest BCUT2D eigenvalue weighted by Gasteiger charge is 2.21. The summed E-state index contributed by atoms with van der Waals surface area (Å²) in [7, 11) is -2.22. The van der Waals surface area contributed by atoms with E-state index in [-0.39, 0.29) is 10.8 Å². The van der Waals surface area contributed by atoms with Crippen molar-refractivity contribution in [3.05, 3.63) is 109 Å². The van der Waals surface area contributed by atoms with E-state index in [1.165, 1.54) is 11.4 Å². The summed E-state index contributed by atoms with van der Waals surface area (Å²) < 4.78 is 32.9. The van der Waals surface area contributed by atoms with E-state index in [2.05, 4.69) is 5.32 Å². The zero-order chi connectivity index (χ0) is 24.8. The minimum Gasteiger partial charge on any atom is -0.457 e. The van der Waals surface area contributed by atoms with Crippen molar-refractivity contribution in [3.8, 4) is 11.5 Å². The van der Waals surface area contributed by atoms with Crippen LogP contribution < -0.4 is 14.4 Å². The summed E-state index contributed by atoms with van der Waals surface area (Å²) in [6.07, 6.45) is 1.93. The summed E-state index contributed by atoms with van der Waals surface area (Å²) in [5, 5.41) is 2.84. The highest BCUT2D eigenvalue weighted by Crippen LogP contribution is 2.26. The zero-order valence-electron chi connectivity index (χ0n) is 19.2. The second-order valence-electron chi connectivity index (χ2n) is 7.59. The molecule has 0 fully saturated rings. The first-order valence-corrected chi connectivity index (χ1v) is 13.4. The molecule has 4 rings (SSSR count). The molecule has 0 heterocycles. The van der Waals surface area contributed by atoms with E-state index in [1.807, 2.05) is 36.6 Å². The van der Waals surface area contributed by atoms with E-state index in [0.717, 1.165) is 10.6 Å². The number of carbonyl (C=O) groups excluding carboxylic acids is 1. The third kappa shape index (κ3) is 5.85. The van der Waals surface area contributed by atoms with Crippen molar-refractivity contribution >= 4 is 39.1 Å². The van der Waals surface area contributed by atoms with Crippen LogP contribution in [0.1, 0.15) is 10.4 Å². The number of nitrogens with one attached hydrogen (secondary N) is 1. The number of nitrogens with zero attached hydrogens (tertiary/aromatic N) is 1. The van der Waals surface area contributed by atoms with Gasteiger partial charge in [0.2, 0.25) is 0 Å². The average Bonchev–Trinajstić information content (AvgIpc) is 2.90. The van der Waals surface area contributed by atoms with Gasteiger partial charge in [-0.2, -0.15) is 0 Å². The van der Waals surface area contributed by atoms with Crippen molar-refractivity contribution < 1.29 is 17.9 Å². The minimum absolute atomic E-state index is 0.208. The molecule has 0 aromatic heterocycles. The molecule has 1 N–H and O–H groups in total. The Morgan fingerprint density at radius 1 is 0.800 bits per heavy atom. The Morgan fingerprint density at radius 2 is 1.40 bits per heavy atom. The number of para-hydroxylation sites is 1. The molecule has 0 saturated heterocycles. The molecule has 0 spiro atoms. The van der Waals surface area contributed by atoms with Gasteiger partial charge in [0.25, 0.3) is 15.9 Å². The van der Waals surface area contributed by atoms with E-state index in [1.54, 1.807) is 84.6 Å². The van der Waals surface area contributed by atoms with Gasteiger partial charge in [-0.1, -0.05) is 18.2 Å². The summed E-state index contributed by atoms with van der Waals surface area (Å²) in [4.78, 5) is 13.9. The third-order valence-corrected chi connectivity index (χ3v) is 7.85. The number of sulfonamides is 1. The average molecular weight is 505 g/mol. The highest BCUT2D eigenvalue weighted by atomic mass is 32.2. The Labute approximate surface area is 209 Å². The Morgan fingerprint density at radius 3 is 2.00 bits per heavy atom. The van der Waals surface area contributed by atoms with Crippen LogP contribution in [0, 0.1) is 0 Å². The lowest BCUT2D eigenvalue weighted by molar-refractivity contribution is 0.102. The smallest absolute Gasteiger partial charge is 0.264 e. The number of benzene rings is 4. The van der Waals surface area contributed by atoms with Gasteiger partial charge >= 0.3 is 0 Å². The van der Waals surface area contributed by atoms with E-state index in [0.29, 0.717) is 22.7 Å². The second-order valence-corrected chi connectivity index (χ2v) is 10.4. The summed E-state index contributed by atoms with van der Waals surface area (Å²) in [5.41, 5.74) is 1.49. The first-order chi connectivity index (χ1) is 16.9. The first-order valence-electron chi connectivity index (χ1n) is 10.7. The number of ether oxygens (including phenoxy) is 1. The Bertz CT molecular complexity index is 1390. The van der Waals surface area contributed by atoms with Gasteiger partial charge in [-0.05, 0) is 91.2 Å². The molecular formula is C27H24N2O4S2. The van der Waals surface area contributed by atoms with Gasteiger partial charge in [0.1, 0.15) is 11.5 Å². The number of rotatable bonds is 8. The van der Waals surface area contributed by atoms with E-state index in [4.69, 9.17) is 4.74 Å². The molecule has 4 aromatic rings. The summed E-state index contributed by atoms with van der Waals surface area (Å²) in [6.45, 7) is 0. The third-order valence-electron chi connectivity index (χ3n) is 5.30. The molecule has 0 unspecified atom stereocenters. The molecule has 0 aliphatic carbocycles. The molecule has 35 heavy (non-hydrogen) atoms. The number of anilines is 2. The number of amides is 1. The SMILES string of the molecule is CSc1ccc(S(=O)(=O)N(C)c2ccc(C(=O)Nc3ccc(Oc4ccccc4)cc3)cc2)cc1. The lowest BCUT2D eigenvalue weighted by Gasteiger charge is -2.20. The molecule has 178 valence electrons. The highest BCUT2D eigenvalue weighted by molar-refractivity contribution is 7.98. The fourth-order valence-corrected chi connectivity index (χ4v) is 4.91. The topological polar surface area (TPSA) is 75.7 Å². The van der Waals surface area contributed by atoms with Crippen LogP contribution in [0.5, 0.6) is 11.5 Å². The predicted molar refractivity (Wildman–Crippen MR) is 141 cm³/mol. The maximum Gasteiger partial charge on any atom is 0.264 e. The van der Waals surface area contributed by atoms with E-state index < -0.39 is 10.0 Å². The fraction of sp³-hybridized carbons (Fsp3) is 0.0741. The Hall–Kier alpha value is -3.75. The molecule has 0 aliphatic rings. The van der Waals surface area contributed by atoms with Gasteiger partial charge in [-0.3, -0.25) is 9.10 Å². The summed E-state index contributed by atoms with van der Waals surface area (Å²) in [5.74, 6) is 1.09. The number of hydrogen-bond acceptors (Lipinski definition) is 5. The maximum absolute atomic E-state index is 13.0. The van der Waals surface area contributed by atoms with Gasteiger partial charge in [0, 0.05) is 23.2 Å². The van der Waals surface area contributed by atoms with Crippen LogP contribution in [-0.2, 0) is 10.0 Å². The van der Waals surface area contributed by atoms with Crippen molar-refractivity contribution in [2.24, 2.45) is 0 Å².